The predicted molar refractivity (Wildman–Crippen MR) is 107 cm³/mol. The second-order valence-electron chi connectivity index (χ2n) is 7.01. The lowest BCUT2D eigenvalue weighted by Crippen LogP contribution is -2.51. The summed E-state index contributed by atoms with van der Waals surface area (Å²) in [7, 11) is 0. The first-order valence-corrected chi connectivity index (χ1v) is 10.1. The number of pyridine rings is 1. The topological polar surface area (TPSA) is 28.6 Å². The van der Waals surface area contributed by atoms with Crippen LogP contribution in [0.15, 0.2) is 28.9 Å². The van der Waals surface area contributed by atoms with E-state index in [9.17, 15) is 0 Å². The van der Waals surface area contributed by atoms with Crippen LogP contribution in [0.1, 0.15) is 19.8 Å². The molecule has 25 heavy (non-hydrogen) atoms. The van der Waals surface area contributed by atoms with Crippen molar-refractivity contribution in [2.45, 2.75) is 31.9 Å². The van der Waals surface area contributed by atoms with E-state index in [0.29, 0.717) is 17.2 Å². The lowest BCUT2D eigenvalue weighted by Gasteiger charge is -2.42. The van der Waals surface area contributed by atoms with Crippen LogP contribution in [0.3, 0.4) is 0 Å². The number of fused-ring (bicyclic) bond motifs is 1. The summed E-state index contributed by atoms with van der Waals surface area (Å²) in [5.41, 5.74) is 2.12. The minimum atomic E-state index is 0.357. The molecule has 0 aliphatic carbocycles. The Bertz CT molecular complexity index is 764. The summed E-state index contributed by atoms with van der Waals surface area (Å²) in [6.07, 6.45) is 4.61. The molecule has 4 nitrogen and oxygen atoms in total. The van der Waals surface area contributed by atoms with E-state index in [-0.39, 0.29) is 0 Å². The molecule has 2 aliphatic rings. The highest BCUT2D eigenvalue weighted by Gasteiger charge is 2.28. The van der Waals surface area contributed by atoms with E-state index in [1.807, 2.05) is 12.3 Å². The summed E-state index contributed by atoms with van der Waals surface area (Å²) in [6, 6.07) is 6.82. The fraction of sp³-hybridized carbons (Fsp3) is 0.526. The first kappa shape index (κ1) is 17.5. The third-order valence-electron chi connectivity index (χ3n) is 5.33. The van der Waals surface area contributed by atoms with E-state index in [4.69, 9.17) is 16.3 Å². The van der Waals surface area contributed by atoms with E-state index >= 15 is 0 Å². The zero-order valence-electron chi connectivity index (χ0n) is 14.4. The van der Waals surface area contributed by atoms with Crippen LogP contribution in [0.25, 0.3) is 10.9 Å². The molecule has 1 aromatic carbocycles. The van der Waals surface area contributed by atoms with Crippen LogP contribution in [0.5, 0.6) is 0 Å². The number of benzene rings is 1. The van der Waals surface area contributed by atoms with Crippen LogP contribution in [0, 0.1) is 0 Å². The van der Waals surface area contributed by atoms with Gasteiger partial charge in [-0.15, -0.1) is 0 Å². The average molecular weight is 425 g/mol. The van der Waals surface area contributed by atoms with E-state index < -0.39 is 0 Å². The zero-order valence-corrected chi connectivity index (χ0v) is 16.8. The minimum Gasteiger partial charge on any atom is -0.376 e. The third kappa shape index (κ3) is 3.65. The number of hydrogen-bond donors (Lipinski definition) is 0. The van der Waals surface area contributed by atoms with E-state index in [1.54, 1.807) is 0 Å². The Kier molecular flexibility index (Phi) is 5.18. The highest BCUT2D eigenvalue weighted by Crippen LogP contribution is 2.34. The van der Waals surface area contributed by atoms with Crippen molar-refractivity contribution >= 4 is 44.1 Å². The van der Waals surface area contributed by atoms with Crippen LogP contribution < -0.4 is 4.90 Å². The van der Waals surface area contributed by atoms with Gasteiger partial charge in [0.25, 0.3) is 0 Å². The molecule has 0 N–H and O–H groups in total. The SMILES string of the molecule is CC1CN(C2CCN(c3ccnc4c(Cl)cc(Br)cc34)CC2)CCO1. The monoisotopic (exact) mass is 423 g/mol. The molecule has 0 saturated carbocycles. The number of hydrogen-bond acceptors (Lipinski definition) is 4. The molecule has 2 aliphatic heterocycles. The molecule has 1 atom stereocenters. The number of ether oxygens (including phenoxy) is 1. The maximum atomic E-state index is 6.38. The van der Waals surface area contributed by atoms with E-state index in [2.05, 4.69) is 49.8 Å². The molecule has 0 amide bonds. The fourth-order valence-corrected chi connectivity index (χ4v) is 4.95. The van der Waals surface area contributed by atoms with Crippen LogP contribution >= 0.6 is 27.5 Å². The van der Waals surface area contributed by atoms with Crippen molar-refractivity contribution in [3.63, 3.8) is 0 Å². The van der Waals surface area contributed by atoms with Crippen molar-refractivity contribution in [1.29, 1.82) is 0 Å². The Hall–Kier alpha value is -0.880. The van der Waals surface area contributed by atoms with Crippen LogP contribution in [0.4, 0.5) is 5.69 Å². The van der Waals surface area contributed by atoms with Crippen LogP contribution in [0.2, 0.25) is 5.02 Å². The van der Waals surface area contributed by atoms with Gasteiger partial charge in [-0.1, -0.05) is 27.5 Å². The van der Waals surface area contributed by atoms with Gasteiger partial charge in [-0.05, 0) is 38.0 Å². The maximum absolute atomic E-state index is 6.38. The van der Waals surface area contributed by atoms with Crippen molar-refractivity contribution in [3.8, 4) is 0 Å². The van der Waals surface area contributed by atoms with Gasteiger partial charge in [0.1, 0.15) is 0 Å². The lowest BCUT2D eigenvalue weighted by atomic mass is 10.0. The molecule has 3 heterocycles. The second kappa shape index (κ2) is 7.39. The summed E-state index contributed by atoms with van der Waals surface area (Å²) in [4.78, 5) is 9.57. The van der Waals surface area contributed by atoms with Gasteiger partial charge < -0.3 is 9.64 Å². The molecule has 2 aromatic rings. The molecular weight excluding hydrogens is 402 g/mol. The second-order valence-corrected chi connectivity index (χ2v) is 8.33. The van der Waals surface area contributed by atoms with Gasteiger partial charge in [0, 0.05) is 54.0 Å². The average Bonchev–Trinajstić information content (AvgIpc) is 2.61. The van der Waals surface area contributed by atoms with Gasteiger partial charge in [0.15, 0.2) is 0 Å². The number of nitrogens with zero attached hydrogens (tertiary/aromatic N) is 3. The van der Waals surface area contributed by atoms with Crippen LogP contribution in [-0.4, -0.2) is 54.8 Å². The quantitative estimate of drug-likeness (QED) is 0.717. The lowest BCUT2D eigenvalue weighted by molar-refractivity contribution is -0.0373. The Morgan fingerprint density at radius 3 is 2.80 bits per heavy atom. The smallest absolute Gasteiger partial charge is 0.0909 e. The zero-order chi connectivity index (χ0) is 17.4. The highest BCUT2D eigenvalue weighted by molar-refractivity contribution is 9.10. The molecular formula is C19H23BrClN3O. The van der Waals surface area contributed by atoms with Gasteiger partial charge in [-0.2, -0.15) is 0 Å². The van der Waals surface area contributed by atoms with Gasteiger partial charge in [-0.25, -0.2) is 0 Å². The molecule has 0 spiro atoms. The number of piperidine rings is 1. The first-order chi connectivity index (χ1) is 12.1. The van der Waals surface area contributed by atoms with Crippen molar-refractivity contribution in [3.05, 3.63) is 33.9 Å². The predicted octanol–water partition coefficient (Wildman–Crippen LogP) is 4.34. The highest BCUT2D eigenvalue weighted by atomic mass is 79.9. The summed E-state index contributed by atoms with van der Waals surface area (Å²) >= 11 is 9.94. The van der Waals surface area contributed by atoms with Crippen molar-refractivity contribution in [2.24, 2.45) is 0 Å². The third-order valence-corrected chi connectivity index (χ3v) is 6.08. The molecule has 2 saturated heterocycles. The Morgan fingerprint density at radius 1 is 1.24 bits per heavy atom. The molecule has 0 bridgehead atoms. The van der Waals surface area contributed by atoms with Crippen molar-refractivity contribution in [2.75, 3.05) is 37.7 Å². The van der Waals surface area contributed by atoms with Gasteiger partial charge in [0.2, 0.25) is 0 Å². The standard InChI is InChI=1S/C19H23BrClN3O/c1-13-12-24(8-9-25-13)15-3-6-23(7-4-15)18-2-5-22-19-16(18)10-14(20)11-17(19)21/h2,5,10-11,13,15H,3-4,6-9,12H2,1H3. The number of anilines is 1. The van der Waals surface area contributed by atoms with Gasteiger partial charge >= 0.3 is 0 Å². The minimum absolute atomic E-state index is 0.357. The molecule has 1 aromatic heterocycles. The van der Waals surface area contributed by atoms with Gasteiger partial charge in [-0.3, -0.25) is 9.88 Å². The summed E-state index contributed by atoms with van der Waals surface area (Å²) in [5, 5.41) is 1.82. The van der Waals surface area contributed by atoms with E-state index in [1.165, 1.54) is 18.5 Å². The molecule has 0 radical (unpaired) electrons. The number of rotatable bonds is 2. The Morgan fingerprint density at radius 2 is 2.04 bits per heavy atom. The number of aromatic nitrogens is 1. The largest absolute Gasteiger partial charge is 0.376 e. The molecule has 2 fully saturated rings. The van der Waals surface area contributed by atoms with Gasteiger partial charge in [0.05, 0.1) is 23.3 Å². The van der Waals surface area contributed by atoms with Crippen molar-refractivity contribution < 1.29 is 4.74 Å². The maximum Gasteiger partial charge on any atom is 0.0909 e. The number of morpholine rings is 1. The first-order valence-electron chi connectivity index (χ1n) is 8.96. The van der Waals surface area contributed by atoms with Crippen molar-refractivity contribution in [1.82, 2.24) is 9.88 Å². The number of halogens is 2. The van der Waals surface area contributed by atoms with E-state index in [0.717, 1.165) is 48.2 Å². The Labute approximate surface area is 162 Å². The summed E-state index contributed by atoms with van der Waals surface area (Å²) < 4.78 is 6.68. The summed E-state index contributed by atoms with van der Waals surface area (Å²) in [5.74, 6) is 0. The fourth-order valence-electron chi connectivity index (χ4n) is 4.09. The molecule has 6 heteroatoms. The molecule has 134 valence electrons. The Balaban J connectivity index is 1.52. The molecule has 4 rings (SSSR count). The normalized spacial score (nSPS) is 23.3. The van der Waals surface area contributed by atoms with Crippen LogP contribution in [-0.2, 0) is 4.74 Å². The summed E-state index contributed by atoms with van der Waals surface area (Å²) in [6.45, 7) is 7.30. The molecule has 1 unspecified atom stereocenters.